The molecule has 0 aromatic rings. The lowest BCUT2D eigenvalue weighted by atomic mass is 9.86. The van der Waals surface area contributed by atoms with Gasteiger partial charge >= 0.3 is 12.0 Å². The number of carbonyl (C=O) groups is 2. The molecule has 5 heteroatoms. The Morgan fingerprint density at radius 3 is 2.58 bits per heavy atom. The molecule has 1 fully saturated rings. The fourth-order valence-corrected chi connectivity index (χ4v) is 2.68. The molecule has 5 nitrogen and oxygen atoms in total. The van der Waals surface area contributed by atoms with Gasteiger partial charge in [0.15, 0.2) is 0 Å². The Hall–Kier alpha value is -1.52. The second-order valence-electron chi connectivity index (χ2n) is 5.56. The Morgan fingerprint density at radius 1 is 1.42 bits per heavy atom. The molecule has 1 heterocycles. The van der Waals surface area contributed by atoms with E-state index in [1.165, 1.54) is 4.90 Å². The highest BCUT2D eigenvalue weighted by atomic mass is 16.4. The Morgan fingerprint density at radius 2 is 2.05 bits per heavy atom. The van der Waals surface area contributed by atoms with Gasteiger partial charge in [0.1, 0.15) is 6.54 Å². The van der Waals surface area contributed by atoms with Gasteiger partial charge in [-0.1, -0.05) is 19.9 Å². The molecule has 3 unspecified atom stereocenters. The molecule has 1 aliphatic rings. The van der Waals surface area contributed by atoms with E-state index < -0.39 is 5.97 Å². The zero-order chi connectivity index (χ0) is 14.6. The summed E-state index contributed by atoms with van der Waals surface area (Å²) in [5.41, 5.74) is 0. The Balaban J connectivity index is 2.81. The van der Waals surface area contributed by atoms with Gasteiger partial charge in [0.05, 0.1) is 0 Å². The highest BCUT2D eigenvalue weighted by Gasteiger charge is 2.34. The monoisotopic (exact) mass is 268 g/mol. The average Bonchev–Trinajstić information content (AvgIpc) is 2.32. The van der Waals surface area contributed by atoms with Crippen LogP contribution in [0.1, 0.15) is 27.2 Å². The summed E-state index contributed by atoms with van der Waals surface area (Å²) in [6.45, 7) is 10.5. The molecule has 1 N–H and O–H groups in total. The van der Waals surface area contributed by atoms with E-state index in [1.807, 2.05) is 6.92 Å². The van der Waals surface area contributed by atoms with Crippen LogP contribution in [0.5, 0.6) is 0 Å². The zero-order valence-corrected chi connectivity index (χ0v) is 12.0. The van der Waals surface area contributed by atoms with Crippen LogP contribution in [0.4, 0.5) is 4.79 Å². The molecule has 3 atom stereocenters. The summed E-state index contributed by atoms with van der Waals surface area (Å²) in [5, 5.41) is 8.88. The molecule has 108 valence electrons. The van der Waals surface area contributed by atoms with Gasteiger partial charge in [-0.05, 0) is 25.2 Å². The van der Waals surface area contributed by atoms with E-state index in [9.17, 15) is 9.59 Å². The minimum Gasteiger partial charge on any atom is -0.480 e. The van der Waals surface area contributed by atoms with E-state index in [4.69, 9.17) is 5.11 Å². The van der Waals surface area contributed by atoms with E-state index in [1.54, 1.807) is 11.0 Å². The molecule has 0 aliphatic carbocycles. The minimum absolute atomic E-state index is 0.143. The smallest absolute Gasteiger partial charge is 0.323 e. The third-order valence-corrected chi connectivity index (χ3v) is 3.79. The van der Waals surface area contributed by atoms with Crippen LogP contribution in [-0.4, -0.2) is 52.6 Å². The van der Waals surface area contributed by atoms with Gasteiger partial charge in [-0.3, -0.25) is 4.79 Å². The summed E-state index contributed by atoms with van der Waals surface area (Å²) < 4.78 is 0. The Labute approximate surface area is 114 Å². The van der Waals surface area contributed by atoms with Crippen molar-refractivity contribution in [3.8, 4) is 0 Å². The summed E-state index contributed by atoms with van der Waals surface area (Å²) in [6, 6.07) is -0.0574. The van der Waals surface area contributed by atoms with Gasteiger partial charge in [-0.15, -0.1) is 6.58 Å². The standard InChI is InChI=1S/C14H24N2O3/c1-5-6-15(9-13(17)18)14(19)16-8-10(2)7-11(3)12(16)4/h5,10-12H,1,6-9H2,2-4H3,(H,17,18). The van der Waals surface area contributed by atoms with Crippen LogP contribution in [0.25, 0.3) is 0 Å². The Bertz CT molecular complexity index is 357. The topological polar surface area (TPSA) is 60.9 Å². The summed E-state index contributed by atoms with van der Waals surface area (Å²) in [7, 11) is 0. The van der Waals surface area contributed by atoms with E-state index >= 15 is 0 Å². The van der Waals surface area contributed by atoms with Crippen LogP contribution in [0, 0.1) is 11.8 Å². The molecule has 2 amide bonds. The highest BCUT2D eigenvalue weighted by Crippen LogP contribution is 2.27. The van der Waals surface area contributed by atoms with Crippen molar-refractivity contribution in [1.82, 2.24) is 9.80 Å². The van der Waals surface area contributed by atoms with Crippen LogP contribution in [-0.2, 0) is 4.79 Å². The van der Waals surface area contributed by atoms with Crippen molar-refractivity contribution < 1.29 is 14.7 Å². The van der Waals surface area contributed by atoms with E-state index in [2.05, 4.69) is 20.4 Å². The number of hydrogen-bond acceptors (Lipinski definition) is 2. The summed E-state index contributed by atoms with van der Waals surface area (Å²) in [6.07, 6.45) is 2.66. The fraction of sp³-hybridized carbons (Fsp3) is 0.714. The molecular weight excluding hydrogens is 244 g/mol. The predicted molar refractivity (Wildman–Crippen MR) is 73.9 cm³/mol. The van der Waals surface area contributed by atoms with Crippen molar-refractivity contribution >= 4 is 12.0 Å². The maximum atomic E-state index is 12.5. The lowest BCUT2D eigenvalue weighted by Gasteiger charge is -2.42. The fourth-order valence-electron chi connectivity index (χ4n) is 2.68. The molecular formula is C14H24N2O3. The number of carbonyl (C=O) groups excluding carboxylic acids is 1. The van der Waals surface area contributed by atoms with Gasteiger partial charge in [0, 0.05) is 19.1 Å². The van der Waals surface area contributed by atoms with E-state index in [-0.39, 0.29) is 25.2 Å². The average molecular weight is 268 g/mol. The van der Waals surface area contributed by atoms with Crippen molar-refractivity contribution in [3.63, 3.8) is 0 Å². The number of hydrogen-bond donors (Lipinski definition) is 1. The van der Waals surface area contributed by atoms with E-state index in [0.717, 1.165) is 6.42 Å². The SMILES string of the molecule is C=CCN(CC(=O)O)C(=O)N1CC(C)CC(C)C1C. The Kier molecular flexibility index (Phi) is 5.39. The number of carboxylic acids is 1. The quantitative estimate of drug-likeness (QED) is 0.794. The van der Waals surface area contributed by atoms with Crippen molar-refractivity contribution in [2.45, 2.75) is 33.2 Å². The first-order valence-electron chi connectivity index (χ1n) is 6.75. The van der Waals surface area contributed by atoms with Gasteiger partial charge in [-0.2, -0.15) is 0 Å². The van der Waals surface area contributed by atoms with Crippen LogP contribution < -0.4 is 0 Å². The van der Waals surface area contributed by atoms with Gasteiger partial charge in [0.2, 0.25) is 0 Å². The second-order valence-corrected chi connectivity index (χ2v) is 5.56. The highest BCUT2D eigenvalue weighted by molar-refractivity contribution is 5.80. The van der Waals surface area contributed by atoms with Gasteiger partial charge in [0.25, 0.3) is 0 Å². The summed E-state index contributed by atoms with van der Waals surface area (Å²) in [5.74, 6) is -0.116. The zero-order valence-electron chi connectivity index (χ0n) is 12.0. The first-order valence-corrected chi connectivity index (χ1v) is 6.75. The number of likely N-dealkylation sites (tertiary alicyclic amines) is 1. The number of amides is 2. The molecule has 0 spiro atoms. The van der Waals surface area contributed by atoms with Crippen LogP contribution >= 0.6 is 0 Å². The van der Waals surface area contributed by atoms with Crippen molar-refractivity contribution in [2.24, 2.45) is 11.8 Å². The summed E-state index contributed by atoms with van der Waals surface area (Å²) in [4.78, 5) is 26.4. The number of nitrogens with zero attached hydrogens (tertiary/aromatic N) is 2. The predicted octanol–water partition coefficient (Wildman–Crippen LogP) is 2.05. The maximum Gasteiger partial charge on any atom is 0.323 e. The third kappa shape index (κ3) is 3.98. The summed E-state index contributed by atoms with van der Waals surface area (Å²) >= 11 is 0. The molecule has 1 aliphatic heterocycles. The molecule has 1 saturated heterocycles. The maximum absolute atomic E-state index is 12.5. The normalized spacial score (nSPS) is 26.9. The largest absolute Gasteiger partial charge is 0.480 e. The van der Waals surface area contributed by atoms with Crippen molar-refractivity contribution in [1.29, 1.82) is 0 Å². The number of rotatable bonds is 4. The first kappa shape index (κ1) is 15.5. The number of piperidine rings is 1. The number of carboxylic acid groups (broad SMARTS) is 1. The van der Waals surface area contributed by atoms with Gasteiger partial charge < -0.3 is 14.9 Å². The second kappa shape index (κ2) is 6.59. The lowest BCUT2D eigenvalue weighted by molar-refractivity contribution is -0.137. The van der Waals surface area contributed by atoms with Crippen LogP contribution in [0.3, 0.4) is 0 Å². The van der Waals surface area contributed by atoms with Crippen molar-refractivity contribution in [3.05, 3.63) is 12.7 Å². The third-order valence-electron chi connectivity index (χ3n) is 3.79. The lowest BCUT2D eigenvalue weighted by Crippen LogP contribution is -2.54. The number of urea groups is 1. The number of aliphatic carboxylic acids is 1. The molecule has 0 aromatic heterocycles. The molecule has 1 rings (SSSR count). The van der Waals surface area contributed by atoms with Crippen LogP contribution in [0.15, 0.2) is 12.7 Å². The minimum atomic E-state index is -0.999. The molecule has 0 radical (unpaired) electrons. The molecule has 0 bridgehead atoms. The van der Waals surface area contributed by atoms with E-state index in [0.29, 0.717) is 18.4 Å². The van der Waals surface area contributed by atoms with Crippen molar-refractivity contribution in [2.75, 3.05) is 19.6 Å². The van der Waals surface area contributed by atoms with Gasteiger partial charge in [-0.25, -0.2) is 4.79 Å². The molecule has 19 heavy (non-hydrogen) atoms. The molecule has 0 saturated carbocycles. The first-order chi connectivity index (χ1) is 8.86. The molecule has 0 aromatic carbocycles. The van der Waals surface area contributed by atoms with Crippen LogP contribution in [0.2, 0.25) is 0 Å².